The van der Waals surface area contributed by atoms with Crippen LogP contribution in [-0.4, -0.2) is 8.07 Å². The second-order valence-electron chi connectivity index (χ2n) is 17.3. The summed E-state index contributed by atoms with van der Waals surface area (Å²) in [5.74, 6) is 0. The number of anilines is 3. The van der Waals surface area contributed by atoms with Crippen molar-refractivity contribution >= 4 is 45.9 Å². The molecule has 1 nitrogen and oxygen atoms in total. The monoisotopic (exact) mass is 883 g/mol. The molecule has 0 aliphatic heterocycles. The van der Waals surface area contributed by atoms with E-state index in [0.29, 0.717) is 0 Å². The molecule has 0 aliphatic carbocycles. The van der Waals surface area contributed by atoms with E-state index in [-0.39, 0.29) is 0 Å². The zero-order chi connectivity index (χ0) is 45.5. The molecular weight excluding hydrogens is 835 g/mol. The third-order valence-electron chi connectivity index (χ3n) is 13.3. The fourth-order valence-corrected chi connectivity index (χ4v) is 14.5. The second-order valence-corrected chi connectivity index (χ2v) is 21.1. The van der Waals surface area contributed by atoms with Gasteiger partial charge in [0.2, 0.25) is 0 Å². The molecule has 0 N–H and O–H groups in total. The van der Waals surface area contributed by atoms with Crippen molar-refractivity contribution in [3.63, 3.8) is 0 Å². The minimum absolute atomic E-state index is 1.09. The van der Waals surface area contributed by atoms with Crippen LogP contribution >= 0.6 is 0 Å². The molecule has 0 atom stereocenters. The Balaban J connectivity index is 0.926. The summed E-state index contributed by atoms with van der Waals surface area (Å²) in [4.78, 5) is 2.36. The highest BCUT2D eigenvalue weighted by atomic mass is 28.3. The lowest BCUT2D eigenvalue weighted by Gasteiger charge is -2.34. The third kappa shape index (κ3) is 8.42. The van der Waals surface area contributed by atoms with E-state index in [0.717, 1.165) is 17.1 Å². The van der Waals surface area contributed by atoms with E-state index in [1.54, 1.807) is 0 Å². The van der Waals surface area contributed by atoms with E-state index in [2.05, 4.69) is 302 Å². The molecule has 11 aromatic carbocycles. The van der Waals surface area contributed by atoms with E-state index in [1.807, 2.05) is 0 Å². The molecule has 0 aromatic heterocycles. The van der Waals surface area contributed by atoms with Gasteiger partial charge >= 0.3 is 0 Å². The molecule has 68 heavy (non-hydrogen) atoms. The van der Waals surface area contributed by atoms with Crippen molar-refractivity contribution in [3.05, 3.63) is 297 Å². The summed E-state index contributed by atoms with van der Waals surface area (Å²) in [5, 5.41) is 5.48. The molecule has 0 spiro atoms. The van der Waals surface area contributed by atoms with Crippen molar-refractivity contribution in [1.82, 2.24) is 0 Å². The molecule has 0 bridgehead atoms. The number of nitrogens with zero attached hydrogens (tertiary/aromatic N) is 1. The Hall–Kier alpha value is -8.56. The van der Waals surface area contributed by atoms with Gasteiger partial charge in [0.05, 0.1) is 0 Å². The standard InChI is InChI=1S/C66H49NSi/c1-6-16-50(17-7-1)52-26-30-54(31-27-52)56-34-42-60(43-35-56)67(61-44-36-57(37-45-61)55-32-28-53(29-33-55)51-18-8-2-9-19-51)62-46-38-58(39-47-62)59-40-48-66(49-41-59)68(63-20-10-3-11-21-63,64-22-12-4-13-23-64)65-24-14-5-15-25-65/h1-49H. The third-order valence-corrected chi connectivity index (χ3v) is 18.1. The van der Waals surface area contributed by atoms with Crippen LogP contribution in [0.15, 0.2) is 297 Å². The first-order valence-electron chi connectivity index (χ1n) is 23.4. The Bertz CT molecular complexity index is 3120. The summed E-state index contributed by atoms with van der Waals surface area (Å²) in [7, 11) is -2.61. The van der Waals surface area contributed by atoms with Crippen molar-refractivity contribution < 1.29 is 0 Å². The summed E-state index contributed by atoms with van der Waals surface area (Å²) in [6.45, 7) is 0. The van der Waals surface area contributed by atoms with Crippen LogP contribution in [0.5, 0.6) is 0 Å². The fourth-order valence-electron chi connectivity index (χ4n) is 9.80. The van der Waals surface area contributed by atoms with E-state index in [4.69, 9.17) is 0 Å². The largest absolute Gasteiger partial charge is 0.311 e. The van der Waals surface area contributed by atoms with Gasteiger partial charge in [0.15, 0.2) is 8.07 Å². The van der Waals surface area contributed by atoms with Crippen LogP contribution in [0.2, 0.25) is 0 Å². The summed E-state index contributed by atoms with van der Waals surface area (Å²) >= 11 is 0. The molecule has 0 saturated heterocycles. The van der Waals surface area contributed by atoms with Gasteiger partial charge in [-0.15, -0.1) is 0 Å². The topological polar surface area (TPSA) is 3.24 Å². The predicted octanol–water partition coefficient (Wildman–Crippen LogP) is 14.9. The highest BCUT2D eigenvalue weighted by Crippen LogP contribution is 2.38. The van der Waals surface area contributed by atoms with Gasteiger partial charge in [0, 0.05) is 17.1 Å². The molecule has 0 heterocycles. The SMILES string of the molecule is c1ccc(-c2ccc(-c3ccc(N(c4ccc(-c5ccc(-c6ccccc6)cc5)cc4)c4ccc(-c5ccc([Si](c6ccccc6)(c6ccccc6)c6ccccc6)cc5)cc4)cc3)cc2)cc1. The van der Waals surface area contributed by atoms with Gasteiger partial charge in [-0.1, -0.05) is 261 Å². The second kappa shape index (κ2) is 19.1. The summed E-state index contributed by atoms with van der Waals surface area (Å²) in [6.07, 6.45) is 0. The quantitative estimate of drug-likeness (QED) is 0.0873. The Morgan fingerprint density at radius 2 is 0.338 bits per heavy atom. The van der Waals surface area contributed by atoms with Crippen molar-refractivity contribution in [2.24, 2.45) is 0 Å². The molecule has 11 aromatic rings. The average Bonchev–Trinajstić information content (AvgIpc) is 3.43. The van der Waals surface area contributed by atoms with Gasteiger partial charge in [-0.05, 0) is 113 Å². The average molecular weight is 884 g/mol. The van der Waals surface area contributed by atoms with Crippen LogP contribution in [0.25, 0.3) is 55.6 Å². The van der Waals surface area contributed by atoms with Gasteiger partial charge in [-0.3, -0.25) is 0 Å². The minimum Gasteiger partial charge on any atom is -0.311 e. The van der Waals surface area contributed by atoms with E-state index < -0.39 is 8.07 Å². The molecule has 0 unspecified atom stereocenters. The van der Waals surface area contributed by atoms with Gasteiger partial charge in [0.1, 0.15) is 0 Å². The highest BCUT2D eigenvalue weighted by Gasteiger charge is 2.41. The molecule has 0 fully saturated rings. The lowest BCUT2D eigenvalue weighted by atomic mass is 9.99. The smallest absolute Gasteiger partial charge is 0.179 e. The van der Waals surface area contributed by atoms with Gasteiger partial charge < -0.3 is 4.90 Å². The molecule has 0 amide bonds. The number of hydrogen-bond donors (Lipinski definition) is 0. The van der Waals surface area contributed by atoms with Crippen molar-refractivity contribution in [1.29, 1.82) is 0 Å². The molecule has 0 saturated carbocycles. The Morgan fingerprint density at radius 3 is 0.588 bits per heavy atom. The zero-order valence-corrected chi connectivity index (χ0v) is 38.7. The lowest BCUT2D eigenvalue weighted by Crippen LogP contribution is -2.74. The first kappa shape index (κ1) is 42.1. The van der Waals surface area contributed by atoms with Crippen LogP contribution in [0.4, 0.5) is 17.1 Å². The summed E-state index contributed by atoms with van der Waals surface area (Å²) in [5.41, 5.74) is 15.3. The van der Waals surface area contributed by atoms with Gasteiger partial charge in [-0.2, -0.15) is 0 Å². The lowest BCUT2D eigenvalue weighted by molar-refractivity contribution is 1.28. The Kier molecular flexibility index (Phi) is 11.8. The first-order chi connectivity index (χ1) is 33.7. The summed E-state index contributed by atoms with van der Waals surface area (Å²) in [6, 6.07) is 109. The molecule has 0 radical (unpaired) electrons. The maximum absolute atomic E-state index is 2.61. The van der Waals surface area contributed by atoms with Gasteiger partial charge in [0.25, 0.3) is 0 Å². The maximum Gasteiger partial charge on any atom is 0.179 e. The van der Waals surface area contributed by atoms with Crippen LogP contribution in [0.1, 0.15) is 0 Å². The molecule has 0 aliphatic rings. The molecule has 2 heteroatoms. The van der Waals surface area contributed by atoms with E-state index >= 15 is 0 Å². The van der Waals surface area contributed by atoms with E-state index in [1.165, 1.54) is 76.4 Å². The van der Waals surface area contributed by atoms with Crippen LogP contribution in [0, 0.1) is 0 Å². The highest BCUT2D eigenvalue weighted by molar-refractivity contribution is 7.19. The van der Waals surface area contributed by atoms with Crippen molar-refractivity contribution in [2.75, 3.05) is 4.90 Å². The van der Waals surface area contributed by atoms with Crippen molar-refractivity contribution in [3.8, 4) is 55.6 Å². The van der Waals surface area contributed by atoms with Crippen LogP contribution in [0.3, 0.4) is 0 Å². The van der Waals surface area contributed by atoms with Crippen molar-refractivity contribution in [2.45, 2.75) is 0 Å². The Morgan fingerprint density at radius 1 is 0.162 bits per heavy atom. The Labute approximate surface area is 401 Å². The zero-order valence-electron chi connectivity index (χ0n) is 37.7. The molecular formula is C66H49NSi. The number of rotatable bonds is 12. The van der Waals surface area contributed by atoms with Crippen LogP contribution in [-0.2, 0) is 0 Å². The minimum atomic E-state index is -2.61. The predicted molar refractivity (Wildman–Crippen MR) is 292 cm³/mol. The van der Waals surface area contributed by atoms with Gasteiger partial charge in [-0.25, -0.2) is 0 Å². The van der Waals surface area contributed by atoms with Crippen LogP contribution < -0.4 is 25.6 Å². The number of hydrogen-bond acceptors (Lipinski definition) is 1. The first-order valence-corrected chi connectivity index (χ1v) is 25.4. The van der Waals surface area contributed by atoms with E-state index in [9.17, 15) is 0 Å². The maximum atomic E-state index is 2.38. The number of benzene rings is 11. The normalized spacial score (nSPS) is 11.2. The molecule has 322 valence electrons. The summed E-state index contributed by atoms with van der Waals surface area (Å²) < 4.78 is 0. The molecule has 11 rings (SSSR count). The fraction of sp³-hybridized carbons (Fsp3) is 0.